The first kappa shape index (κ1) is 15.3. The molecule has 0 atom stereocenters. The van der Waals surface area contributed by atoms with Gasteiger partial charge in [-0.2, -0.15) is 0 Å². The molecule has 2 rings (SSSR count). The molecule has 0 radical (unpaired) electrons. The average Bonchev–Trinajstić information content (AvgIpc) is 3.05. The number of aromatic nitrogens is 1. The molecule has 0 spiro atoms. The minimum absolute atomic E-state index is 0.319. The summed E-state index contributed by atoms with van der Waals surface area (Å²) in [5.41, 5.74) is 0.458. The largest absolute Gasteiger partial charge is 0.461 e. The molecule has 1 aromatic heterocycles. The maximum atomic E-state index is 11.8. The van der Waals surface area contributed by atoms with Crippen molar-refractivity contribution in [3.63, 3.8) is 0 Å². The number of carbonyl (C=O) groups is 1. The number of likely N-dealkylation sites (N-methyl/N-ethyl adjacent to an activating group) is 1. The molecule has 0 unspecified atom stereocenters. The lowest BCUT2D eigenvalue weighted by atomic mass is 10.4. The van der Waals surface area contributed by atoms with E-state index >= 15 is 0 Å². The summed E-state index contributed by atoms with van der Waals surface area (Å²) < 4.78 is 5.02. The Morgan fingerprint density at radius 3 is 2.80 bits per heavy atom. The van der Waals surface area contributed by atoms with Crippen LogP contribution in [0.15, 0.2) is 0 Å². The molecule has 1 aromatic rings. The minimum Gasteiger partial charge on any atom is -0.461 e. The number of esters is 1. The van der Waals surface area contributed by atoms with E-state index in [1.165, 1.54) is 25.9 Å². The van der Waals surface area contributed by atoms with Gasteiger partial charge in [-0.1, -0.05) is 0 Å². The molecule has 20 heavy (non-hydrogen) atoms. The summed E-state index contributed by atoms with van der Waals surface area (Å²) in [4.78, 5) is 21.7. The van der Waals surface area contributed by atoms with E-state index in [-0.39, 0.29) is 5.97 Å². The number of likely N-dealkylation sites (tertiary alicyclic amines) is 1. The minimum atomic E-state index is -0.319. The Labute approximate surface area is 124 Å². The third-order valence-corrected chi connectivity index (χ3v) is 4.62. The zero-order valence-electron chi connectivity index (χ0n) is 12.5. The first-order valence-electron chi connectivity index (χ1n) is 7.20. The second-order valence-electron chi connectivity index (χ2n) is 5.09. The number of hydrogen-bond acceptors (Lipinski definition) is 6. The second kappa shape index (κ2) is 7.04. The van der Waals surface area contributed by atoms with E-state index in [2.05, 4.69) is 14.8 Å². The lowest BCUT2D eigenvalue weighted by Crippen LogP contribution is -2.31. The van der Waals surface area contributed by atoms with Crippen molar-refractivity contribution in [1.82, 2.24) is 9.88 Å². The number of carbonyl (C=O) groups excluding carboxylic acids is 1. The van der Waals surface area contributed by atoms with Crippen LogP contribution in [0.5, 0.6) is 0 Å². The van der Waals surface area contributed by atoms with E-state index in [4.69, 9.17) is 4.74 Å². The Bertz CT molecular complexity index is 455. The second-order valence-corrected chi connectivity index (χ2v) is 6.27. The first-order valence-corrected chi connectivity index (χ1v) is 8.01. The number of nitrogens with zero attached hydrogens (tertiary/aromatic N) is 3. The van der Waals surface area contributed by atoms with Crippen LogP contribution in [0, 0.1) is 6.92 Å². The summed E-state index contributed by atoms with van der Waals surface area (Å²) in [5.74, 6) is -0.319. The number of ether oxygens (including phenoxy) is 1. The summed E-state index contributed by atoms with van der Waals surface area (Å²) in [6.07, 6.45) is 2.63. The SMILES string of the molecule is CCOC(=O)c1nc(N(C)CCN2CCCC2)sc1C. The van der Waals surface area contributed by atoms with Gasteiger partial charge in [0, 0.05) is 25.0 Å². The summed E-state index contributed by atoms with van der Waals surface area (Å²) in [6, 6.07) is 0. The molecule has 2 heterocycles. The summed E-state index contributed by atoms with van der Waals surface area (Å²) >= 11 is 1.55. The van der Waals surface area contributed by atoms with Crippen LogP contribution >= 0.6 is 11.3 Å². The molecular weight excluding hydrogens is 274 g/mol. The van der Waals surface area contributed by atoms with Crippen molar-refractivity contribution in [2.75, 3.05) is 44.7 Å². The molecule has 0 saturated carbocycles. The maximum Gasteiger partial charge on any atom is 0.358 e. The van der Waals surface area contributed by atoms with Crippen LogP contribution in [0.1, 0.15) is 35.1 Å². The van der Waals surface area contributed by atoms with E-state index < -0.39 is 0 Å². The number of thiazole rings is 1. The van der Waals surface area contributed by atoms with Crippen LogP contribution in [0.4, 0.5) is 5.13 Å². The Hall–Kier alpha value is -1.14. The van der Waals surface area contributed by atoms with Crippen LogP contribution < -0.4 is 4.90 Å². The molecule has 112 valence electrons. The Morgan fingerprint density at radius 1 is 1.45 bits per heavy atom. The Morgan fingerprint density at radius 2 is 2.15 bits per heavy atom. The van der Waals surface area contributed by atoms with Crippen LogP contribution in [0.25, 0.3) is 0 Å². The maximum absolute atomic E-state index is 11.8. The standard InChI is InChI=1S/C14H23N3O2S/c1-4-19-13(18)12-11(2)20-14(15-12)16(3)9-10-17-7-5-6-8-17/h4-10H2,1-3H3. The Balaban J connectivity index is 1.93. The smallest absolute Gasteiger partial charge is 0.358 e. The highest BCUT2D eigenvalue weighted by Crippen LogP contribution is 2.25. The lowest BCUT2D eigenvalue weighted by molar-refractivity contribution is 0.0519. The van der Waals surface area contributed by atoms with Gasteiger partial charge in [0.1, 0.15) is 0 Å². The van der Waals surface area contributed by atoms with Gasteiger partial charge in [-0.05, 0) is 39.8 Å². The molecule has 1 fully saturated rings. The zero-order chi connectivity index (χ0) is 14.5. The predicted octanol–water partition coefficient (Wildman–Crippen LogP) is 2.16. The number of aryl methyl sites for hydroxylation is 1. The molecule has 0 aliphatic carbocycles. The predicted molar refractivity (Wildman–Crippen MR) is 81.8 cm³/mol. The highest BCUT2D eigenvalue weighted by Gasteiger charge is 2.19. The molecule has 0 amide bonds. The molecule has 6 heteroatoms. The van der Waals surface area contributed by atoms with Crippen molar-refractivity contribution in [1.29, 1.82) is 0 Å². The van der Waals surface area contributed by atoms with Crippen LogP contribution in [-0.4, -0.2) is 55.7 Å². The summed E-state index contributed by atoms with van der Waals surface area (Å²) in [7, 11) is 2.03. The van der Waals surface area contributed by atoms with Gasteiger partial charge < -0.3 is 14.5 Å². The number of anilines is 1. The Kier molecular flexibility index (Phi) is 5.37. The molecule has 1 saturated heterocycles. The fourth-order valence-corrected chi connectivity index (χ4v) is 3.21. The summed E-state index contributed by atoms with van der Waals surface area (Å²) in [6.45, 7) is 8.52. The topological polar surface area (TPSA) is 45.7 Å². The molecule has 0 N–H and O–H groups in total. The zero-order valence-corrected chi connectivity index (χ0v) is 13.3. The van der Waals surface area contributed by atoms with Gasteiger partial charge in [-0.15, -0.1) is 11.3 Å². The third-order valence-electron chi connectivity index (χ3n) is 3.53. The van der Waals surface area contributed by atoms with Gasteiger partial charge in [0.05, 0.1) is 6.61 Å². The summed E-state index contributed by atoms with van der Waals surface area (Å²) in [5, 5.41) is 0.893. The van der Waals surface area contributed by atoms with Gasteiger partial charge >= 0.3 is 5.97 Å². The molecule has 1 aliphatic rings. The van der Waals surface area contributed by atoms with Crippen molar-refractivity contribution in [2.45, 2.75) is 26.7 Å². The fourth-order valence-electron chi connectivity index (χ4n) is 2.33. The normalized spacial score (nSPS) is 15.6. The van der Waals surface area contributed by atoms with E-state index in [9.17, 15) is 4.79 Å². The van der Waals surface area contributed by atoms with E-state index in [0.29, 0.717) is 12.3 Å². The van der Waals surface area contributed by atoms with Crippen LogP contribution in [-0.2, 0) is 4.74 Å². The van der Waals surface area contributed by atoms with Gasteiger partial charge in [-0.3, -0.25) is 0 Å². The van der Waals surface area contributed by atoms with Gasteiger partial charge in [0.15, 0.2) is 10.8 Å². The molecule has 0 aromatic carbocycles. The van der Waals surface area contributed by atoms with Crippen molar-refractivity contribution in [2.24, 2.45) is 0 Å². The van der Waals surface area contributed by atoms with E-state index in [1.807, 2.05) is 20.9 Å². The fraction of sp³-hybridized carbons (Fsp3) is 0.714. The van der Waals surface area contributed by atoms with Crippen molar-refractivity contribution in [3.05, 3.63) is 10.6 Å². The molecular formula is C14H23N3O2S. The van der Waals surface area contributed by atoms with Gasteiger partial charge in [-0.25, -0.2) is 9.78 Å². The highest BCUT2D eigenvalue weighted by atomic mass is 32.1. The van der Waals surface area contributed by atoms with E-state index in [0.717, 1.165) is 23.1 Å². The lowest BCUT2D eigenvalue weighted by Gasteiger charge is -2.20. The first-order chi connectivity index (χ1) is 9.61. The van der Waals surface area contributed by atoms with Gasteiger partial charge in [0.2, 0.25) is 0 Å². The average molecular weight is 297 g/mol. The quantitative estimate of drug-likeness (QED) is 0.753. The number of rotatable bonds is 6. The van der Waals surface area contributed by atoms with Crippen LogP contribution in [0.3, 0.4) is 0 Å². The number of hydrogen-bond donors (Lipinski definition) is 0. The molecule has 5 nitrogen and oxygen atoms in total. The molecule has 1 aliphatic heterocycles. The van der Waals surface area contributed by atoms with Gasteiger partial charge in [0.25, 0.3) is 0 Å². The highest BCUT2D eigenvalue weighted by molar-refractivity contribution is 7.15. The van der Waals surface area contributed by atoms with Crippen molar-refractivity contribution >= 4 is 22.4 Å². The monoisotopic (exact) mass is 297 g/mol. The molecule has 0 bridgehead atoms. The van der Waals surface area contributed by atoms with E-state index in [1.54, 1.807) is 11.3 Å². The third kappa shape index (κ3) is 3.70. The van der Waals surface area contributed by atoms with Crippen molar-refractivity contribution < 1.29 is 9.53 Å². The van der Waals surface area contributed by atoms with Crippen molar-refractivity contribution in [3.8, 4) is 0 Å². The van der Waals surface area contributed by atoms with Crippen LogP contribution in [0.2, 0.25) is 0 Å².